The molecule has 0 saturated carbocycles. The summed E-state index contributed by atoms with van der Waals surface area (Å²) in [5.74, 6) is 0.529. The zero-order valence-electron chi connectivity index (χ0n) is 10.8. The van der Waals surface area contributed by atoms with Gasteiger partial charge in [-0.25, -0.2) is 0 Å². The van der Waals surface area contributed by atoms with Crippen LogP contribution in [0.2, 0.25) is 0 Å². The zero-order valence-corrected chi connectivity index (χ0v) is 10.8. The maximum absolute atomic E-state index is 10.1. The SMILES string of the molecule is CCCC(O)C(O)c1c(OC)cnn1CCC. The molecule has 2 N–H and O–H groups in total. The smallest absolute Gasteiger partial charge is 0.162 e. The molecule has 0 aliphatic rings. The number of aryl methyl sites for hydroxylation is 1. The minimum Gasteiger partial charge on any atom is -0.493 e. The Morgan fingerprint density at radius 2 is 2.06 bits per heavy atom. The number of hydrogen-bond donors (Lipinski definition) is 2. The third-order valence-corrected chi connectivity index (χ3v) is 2.73. The Morgan fingerprint density at radius 1 is 1.35 bits per heavy atom. The minimum absolute atomic E-state index is 0.529. The van der Waals surface area contributed by atoms with Crippen molar-refractivity contribution >= 4 is 0 Å². The van der Waals surface area contributed by atoms with Crippen LogP contribution in [-0.4, -0.2) is 33.2 Å². The Balaban J connectivity index is 2.95. The van der Waals surface area contributed by atoms with E-state index in [0.717, 1.165) is 12.8 Å². The number of nitrogens with zero attached hydrogens (tertiary/aromatic N) is 2. The molecule has 5 nitrogen and oxygen atoms in total. The summed E-state index contributed by atoms with van der Waals surface area (Å²) in [5, 5.41) is 24.2. The van der Waals surface area contributed by atoms with E-state index in [9.17, 15) is 10.2 Å². The maximum Gasteiger partial charge on any atom is 0.162 e. The first-order valence-electron chi connectivity index (χ1n) is 6.11. The second-order valence-corrected chi connectivity index (χ2v) is 4.12. The number of aromatic nitrogens is 2. The van der Waals surface area contributed by atoms with E-state index in [-0.39, 0.29) is 0 Å². The minimum atomic E-state index is -0.945. The predicted octanol–water partition coefficient (Wildman–Crippen LogP) is 1.50. The van der Waals surface area contributed by atoms with Crippen LogP contribution in [0.5, 0.6) is 5.75 Å². The molecule has 5 heteroatoms. The van der Waals surface area contributed by atoms with Gasteiger partial charge in [0.15, 0.2) is 5.75 Å². The van der Waals surface area contributed by atoms with Crippen molar-refractivity contribution in [3.8, 4) is 5.75 Å². The van der Waals surface area contributed by atoms with Crippen molar-refractivity contribution < 1.29 is 14.9 Å². The van der Waals surface area contributed by atoms with Gasteiger partial charge in [-0.1, -0.05) is 20.3 Å². The standard InChI is InChI=1S/C12H22N2O3/c1-4-6-9(15)12(16)11-10(17-3)8-13-14(11)7-5-2/h8-9,12,15-16H,4-7H2,1-3H3. The van der Waals surface area contributed by atoms with Gasteiger partial charge in [-0.15, -0.1) is 0 Å². The fraction of sp³-hybridized carbons (Fsp3) is 0.750. The van der Waals surface area contributed by atoms with Crippen LogP contribution in [0.1, 0.15) is 44.9 Å². The van der Waals surface area contributed by atoms with Gasteiger partial charge in [0.1, 0.15) is 11.8 Å². The highest BCUT2D eigenvalue weighted by molar-refractivity contribution is 5.28. The molecule has 1 rings (SSSR count). The molecule has 0 amide bonds. The van der Waals surface area contributed by atoms with Gasteiger partial charge in [0.05, 0.1) is 19.4 Å². The fourth-order valence-corrected chi connectivity index (χ4v) is 1.86. The number of aliphatic hydroxyl groups is 2. The molecule has 1 aromatic rings. The van der Waals surface area contributed by atoms with Gasteiger partial charge in [0.25, 0.3) is 0 Å². The van der Waals surface area contributed by atoms with E-state index in [1.165, 1.54) is 7.11 Å². The van der Waals surface area contributed by atoms with Crippen molar-refractivity contribution in [3.63, 3.8) is 0 Å². The summed E-state index contributed by atoms with van der Waals surface area (Å²) in [6.07, 6.45) is 2.14. The average molecular weight is 242 g/mol. The molecule has 1 aromatic heterocycles. The van der Waals surface area contributed by atoms with E-state index in [4.69, 9.17) is 4.74 Å². The Morgan fingerprint density at radius 3 is 2.59 bits per heavy atom. The number of methoxy groups -OCH3 is 1. The molecule has 2 atom stereocenters. The van der Waals surface area contributed by atoms with Crippen molar-refractivity contribution in [1.82, 2.24) is 9.78 Å². The van der Waals surface area contributed by atoms with Gasteiger partial charge in [-0.2, -0.15) is 5.10 Å². The molecule has 0 fully saturated rings. The molecule has 0 saturated heterocycles. The first-order valence-corrected chi connectivity index (χ1v) is 6.11. The monoisotopic (exact) mass is 242 g/mol. The molecule has 0 spiro atoms. The van der Waals surface area contributed by atoms with Crippen LogP contribution in [0.3, 0.4) is 0 Å². The van der Waals surface area contributed by atoms with Crippen LogP contribution in [-0.2, 0) is 6.54 Å². The highest BCUT2D eigenvalue weighted by Crippen LogP contribution is 2.28. The van der Waals surface area contributed by atoms with E-state index >= 15 is 0 Å². The van der Waals surface area contributed by atoms with Crippen molar-refractivity contribution in [2.45, 2.75) is 51.9 Å². The molecule has 98 valence electrons. The van der Waals surface area contributed by atoms with E-state index in [1.807, 2.05) is 13.8 Å². The van der Waals surface area contributed by atoms with Gasteiger partial charge in [-0.05, 0) is 12.8 Å². The third kappa shape index (κ3) is 3.20. The van der Waals surface area contributed by atoms with E-state index < -0.39 is 12.2 Å². The first kappa shape index (κ1) is 14.0. The Hall–Kier alpha value is -1.07. The summed E-state index contributed by atoms with van der Waals surface area (Å²) in [6, 6.07) is 0. The van der Waals surface area contributed by atoms with E-state index in [0.29, 0.717) is 24.4 Å². The van der Waals surface area contributed by atoms with Crippen LogP contribution < -0.4 is 4.74 Å². The second-order valence-electron chi connectivity index (χ2n) is 4.12. The van der Waals surface area contributed by atoms with Gasteiger partial charge >= 0.3 is 0 Å². The quantitative estimate of drug-likeness (QED) is 0.760. The Kier molecular flexibility index (Phi) is 5.44. The molecule has 0 aromatic carbocycles. The number of rotatable bonds is 7. The largest absolute Gasteiger partial charge is 0.493 e. The number of aliphatic hydroxyl groups excluding tert-OH is 2. The molecular weight excluding hydrogens is 220 g/mol. The van der Waals surface area contributed by atoms with Crippen molar-refractivity contribution in [3.05, 3.63) is 11.9 Å². The lowest BCUT2D eigenvalue weighted by molar-refractivity contribution is 0.00649. The lowest BCUT2D eigenvalue weighted by Gasteiger charge is -2.19. The van der Waals surface area contributed by atoms with Crippen molar-refractivity contribution in [2.24, 2.45) is 0 Å². The molecule has 0 aliphatic carbocycles. The molecule has 1 heterocycles. The van der Waals surface area contributed by atoms with Crippen LogP contribution in [0, 0.1) is 0 Å². The van der Waals surface area contributed by atoms with Crippen molar-refractivity contribution in [1.29, 1.82) is 0 Å². The topological polar surface area (TPSA) is 67.5 Å². The number of ether oxygens (including phenoxy) is 1. The molecule has 2 unspecified atom stereocenters. The Labute approximate surface area is 102 Å². The lowest BCUT2D eigenvalue weighted by atomic mass is 10.1. The van der Waals surface area contributed by atoms with Gasteiger partial charge in [-0.3, -0.25) is 4.68 Å². The summed E-state index contributed by atoms with van der Waals surface area (Å²) in [4.78, 5) is 0. The summed E-state index contributed by atoms with van der Waals surface area (Å²) in [7, 11) is 1.54. The third-order valence-electron chi connectivity index (χ3n) is 2.73. The molecule has 0 bridgehead atoms. The summed E-state index contributed by atoms with van der Waals surface area (Å²) >= 11 is 0. The van der Waals surface area contributed by atoms with Crippen LogP contribution in [0.25, 0.3) is 0 Å². The van der Waals surface area contributed by atoms with Crippen LogP contribution in [0.15, 0.2) is 6.20 Å². The van der Waals surface area contributed by atoms with Crippen LogP contribution in [0.4, 0.5) is 0 Å². The average Bonchev–Trinajstić information content (AvgIpc) is 2.72. The summed E-state index contributed by atoms with van der Waals surface area (Å²) < 4.78 is 6.86. The number of hydrogen-bond acceptors (Lipinski definition) is 4. The van der Waals surface area contributed by atoms with E-state index in [1.54, 1.807) is 10.9 Å². The van der Waals surface area contributed by atoms with Gasteiger partial charge < -0.3 is 14.9 Å². The van der Waals surface area contributed by atoms with Gasteiger partial charge in [0, 0.05) is 6.54 Å². The first-order chi connectivity index (χ1) is 8.15. The molecule has 17 heavy (non-hydrogen) atoms. The molecular formula is C12H22N2O3. The fourth-order valence-electron chi connectivity index (χ4n) is 1.86. The van der Waals surface area contributed by atoms with E-state index in [2.05, 4.69) is 5.10 Å². The normalized spacial score (nSPS) is 14.6. The molecule has 0 aliphatic heterocycles. The highest BCUT2D eigenvalue weighted by Gasteiger charge is 2.25. The summed E-state index contributed by atoms with van der Waals surface area (Å²) in [6.45, 7) is 4.71. The Bertz CT molecular complexity index is 338. The summed E-state index contributed by atoms with van der Waals surface area (Å²) in [5.41, 5.74) is 0.565. The van der Waals surface area contributed by atoms with Crippen molar-refractivity contribution in [2.75, 3.05) is 7.11 Å². The predicted molar refractivity (Wildman–Crippen MR) is 64.9 cm³/mol. The van der Waals surface area contributed by atoms with Gasteiger partial charge in [0.2, 0.25) is 0 Å². The molecule has 0 radical (unpaired) electrons. The second kappa shape index (κ2) is 6.61. The lowest BCUT2D eigenvalue weighted by Crippen LogP contribution is -2.22. The van der Waals surface area contributed by atoms with Crippen LogP contribution >= 0.6 is 0 Å². The highest BCUT2D eigenvalue weighted by atomic mass is 16.5. The zero-order chi connectivity index (χ0) is 12.8. The maximum atomic E-state index is 10.1.